The topological polar surface area (TPSA) is 61.9 Å². The van der Waals surface area contributed by atoms with Gasteiger partial charge in [0.25, 0.3) is 5.91 Å². The molecule has 0 unspecified atom stereocenters. The second kappa shape index (κ2) is 7.65. The Morgan fingerprint density at radius 3 is 2.61 bits per heavy atom. The number of imidazole rings is 1. The van der Waals surface area contributed by atoms with Gasteiger partial charge in [-0.15, -0.1) is 0 Å². The molecule has 2 aromatic carbocycles. The van der Waals surface area contributed by atoms with E-state index < -0.39 is 0 Å². The first-order valence-electron chi connectivity index (χ1n) is 9.23. The SMILES string of the molecule is N#Cc1ccc(C(=O)N2CCC[C@H](c3cn(-c4ccc(F)cc4)cn3)C2)cc1. The van der Waals surface area contributed by atoms with Crippen molar-refractivity contribution in [2.45, 2.75) is 18.8 Å². The van der Waals surface area contributed by atoms with E-state index in [9.17, 15) is 9.18 Å². The maximum atomic E-state index is 13.1. The summed E-state index contributed by atoms with van der Waals surface area (Å²) >= 11 is 0. The molecule has 1 aliphatic heterocycles. The van der Waals surface area contributed by atoms with Crippen LogP contribution in [0.15, 0.2) is 61.1 Å². The van der Waals surface area contributed by atoms with Crippen LogP contribution in [0.3, 0.4) is 0 Å². The molecule has 1 saturated heterocycles. The number of halogens is 1. The van der Waals surface area contributed by atoms with E-state index in [2.05, 4.69) is 11.1 Å². The van der Waals surface area contributed by atoms with Crippen molar-refractivity contribution in [2.75, 3.05) is 13.1 Å². The standard InChI is InChI=1S/C22H19FN4O/c23-19-7-9-20(10-8-19)27-14-21(25-15-27)18-2-1-11-26(13-18)22(28)17-5-3-16(12-24)4-6-17/h3-10,14-15,18H,1-2,11,13H2/t18-/m0/s1. The summed E-state index contributed by atoms with van der Waals surface area (Å²) in [5.41, 5.74) is 2.92. The maximum absolute atomic E-state index is 13.1. The molecule has 0 N–H and O–H groups in total. The van der Waals surface area contributed by atoms with Gasteiger partial charge in [-0.1, -0.05) is 0 Å². The van der Waals surface area contributed by atoms with Crippen LogP contribution in [0.25, 0.3) is 5.69 Å². The van der Waals surface area contributed by atoms with Crippen molar-refractivity contribution in [1.82, 2.24) is 14.5 Å². The highest BCUT2D eigenvalue weighted by molar-refractivity contribution is 5.94. The van der Waals surface area contributed by atoms with E-state index in [4.69, 9.17) is 5.26 Å². The summed E-state index contributed by atoms with van der Waals surface area (Å²) in [5.74, 6) is -0.127. The van der Waals surface area contributed by atoms with Crippen molar-refractivity contribution in [1.29, 1.82) is 5.26 Å². The number of hydrogen-bond acceptors (Lipinski definition) is 3. The molecule has 140 valence electrons. The van der Waals surface area contributed by atoms with Crippen molar-refractivity contribution in [3.63, 3.8) is 0 Å². The fraction of sp³-hybridized carbons (Fsp3) is 0.227. The number of nitrogens with zero attached hydrogens (tertiary/aromatic N) is 4. The Morgan fingerprint density at radius 1 is 1.14 bits per heavy atom. The summed E-state index contributed by atoms with van der Waals surface area (Å²) in [5, 5.41) is 8.90. The van der Waals surface area contributed by atoms with E-state index >= 15 is 0 Å². The van der Waals surface area contributed by atoms with Crippen molar-refractivity contribution in [3.8, 4) is 11.8 Å². The van der Waals surface area contributed by atoms with Crippen molar-refractivity contribution in [2.24, 2.45) is 0 Å². The summed E-state index contributed by atoms with van der Waals surface area (Å²) < 4.78 is 15.0. The largest absolute Gasteiger partial charge is 0.338 e. The van der Waals surface area contributed by atoms with Gasteiger partial charge in [0.15, 0.2) is 0 Å². The predicted octanol–water partition coefficient (Wildman–Crippen LogP) is 3.90. The second-order valence-electron chi connectivity index (χ2n) is 6.96. The van der Waals surface area contributed by atoms with Crippen LogP contribution in [0.1, 0.15) is 40.4 Å². The monoisotopic (exact) mass is 374 g/mol. The van der Waals surface area contributed by atoms with Gasteiger partial charge in [0.05, 0.1) is 23.7 Å². The molecular formula is C22H19FN4O. The molecule has 28 heavy (non-hydrogen) atoms. The lowest BCUT2D eigenvalue weighted by Crippen LogP contribution is -2.39. The first-order chi connectivity index (χ1) is 13.6. The van der Waals surface area contributed by atoms with Gasteiger partial charge in [-0.25, -0.2) is 9.37 Å². The molecule has 0 saturated carbocycles. The zero-order valence-corrected chi connectivity index (χ0v) is 15.3. The zero-order chi connectivity index (χ0) is 19.5. The first kappa shape index (κ1) is 17.9. The van der Waals surface area contributed by atoms with Crippen LogP contribution in [-0.4, -0.2) is 33.4 Å². The fourth-order valence-electron chi connectivity index (χ4n) is 3.58. The van der Waals surface area contributed by atoms with E-state index in [1.54, 1.807) is 42.7 Å². The third-order valence-corrected chi connectivity index (χ3v) is 5.12. The molecule has 1 aromatic heterocycles. The van der Waals surface area contributed by atoms with Crippen molar-refractivity contribution >= 4 is 5.91 Å². The molecule has 1 amide bonds. The number of piperidine rings is 1. The summed E-state index contributed by atoms with van der Waals surface area (Å²) in [6.45, 7) is 1.33. The van der Waals surface area contributed by atoms with Gasteiger partial charge in [0.1, 0.15) is 5.82 Å². The molecular weight excluding hydrogens is 355 g/mol. The number of nitriles is 1. The Hall–Kier alpha value is -3.46. The van der Waals surface area contributed by atoms with Crippen LogP contribution in [0.2, 0.25) is 0 Å². The minimum atomic E-state index is -0.270. The molecule has 1 aliphatic rings. The smallest absolute Gasteiger partial charge is 0.253 e. The number of hydrogen-bond donors (Lipinski definition) is 0. The molecule has 0 aliphatic carbocycles. The van der Waals surface area contributed by atoms with Gasteiger partial charge in [0.2, 0.25) is 0 Å². The van der Waals surface area contributed by atoms with Crippen LogP contribution in [0.4, 0.5) is 4.39 Å². The molecule has 3 aromatic rings. The third-order valence-electron chi connectivity index (χ3n) is 5.12. The minimum absolute atomic E-state index is 0.0212. The highest BCUT2D eigenvalue weighted by Gasteiger charge is 2.27. The van der Waals surface area contributed by atoms with Gasteiger partial charge in [0, 0.05) is 36.5 Å². The van der Waals surface area contributed by atoms with E-state index in [0.29, 0.717) is 24.2 Å². The number of likely N-dealkylation sites (tertiary alicyclic amines) is 1. The molecule has 1 atom stereocenters. The first-order valence-corrected chi connectivity index (χ1v) is 9.23. The second-order valence-corrected chi connectivity index (χ2v) is 6.96. The molecule has 4 rings (SSSR count). The van der Waals surface area contributed by atoms with Crippen LogP contribution < -0.4 is 0 Å². The zero-order valence-electron chi connectivity index (χ0n) is 15.3. The molecule has 6 heteroatoms. The highest BCUT2D eigenvalue weighted by Crippen LogP contribution is 2.27. The van der Waals surface area contributed by atoms with E-state index in [0.717, 1.165) is 24.2 Å². The average molecular weight is 374 g/mol. The number of amides is 1. The van der Waals surface area contributed by atoms with Gasteiger partial charge < -0.3 is 9.47 Å². The van der Waals surface area contributed by atoms with Crippen LogP contribution in [-0.2, 0) is 0 Å². The Labute approximate surface area is 162 Å². The molecule has 0 spiro atoms. The number of carbonyl (C=O) groups is 1. The van der Waals surface area contributed by atoms with Gasteiger partial charge in [-0.05, 0) is 61.4 Å². The van der Waals surface area contributed by atoms with Gasteiger partial charge in [-0.2, -0.15) is 5.26 Å². The summed E-state index contributed by atoms with van der Waals surface area (Å²) in [4.78, 5) is 19.2. The Kier molecular flexibility index (Phi) is 4.90. The lowest BCUT2D eigenvalue weighted by atomic mass is 9.94. The van der Waals surface area contributed by atoms with E-state index in [1.807, 2.05) is 15.7 Å². The van der Waals surface area contributed by atoms with Gasteiger partial charge in [-0.3, -0.25) is 4.79 Å². The van der Waals surface area contributed by atoms with Crippen LogP contribution >= 0.6 is 0 Å². The lowest BCUT2D eigenvalue weighted by Gasteiger charge is -2.32. The normalized spacial score (nSPS) is 16.6. The quantitative estimate of drug-likeness (QED) is 0.698. The van der Waals surface area contributed by atoms with Crippen LogP contribution in [0.5, 0.6) is 0 Å². The Balaban J connectivity index is 1.48. The van der Waals surface area contributed by atoms with E-state index in [1.165, 1.54) is 12.1 Å². The fourth-order valence-corrected chi connectivity index (χ4v) is 3.58. The molecule has 1 fully saturated rings. The Bertz CT molecular complexity index is 1020. The number of rotatable bonds is 3. The highest BCUT2D eigenvalue weighted by atomic mass is 19.1. The van der Waals surface area contributed by atoms with Gasteiger partial charge >= 0.3 is 0 Å². The maximum Gasteiger partial charge on any atom is 0.253 e. The Morgan fingerprint density at radius 2 is 1.89 bits per heavy atom. The predicted molar refractivity (Wildman–Crippen MR) is 103 cm³/mol. The average Bonchev–Trinajstić information content (AvgIpc) is 3.24. The number of benzene rings is 2. The summed E-state index contributed by atoms with van der Waals surface area (Å²) in [6, 6.07) is 15.1. The number of aromatic nitrogens is 2. The van der Waals surface area contributed by atoms with Crippen molar-refractivity contribution in [3.05, 3.63) is 83.7 Å². The van der Waals surface area contributed by atoms with E-state index in [-0.39, 0.29) is 17.6 Å². The lowest BCUT2D eigenvalue weighted by molar-refractivity contribution is 0.0706. The third kappa shape index (κ3) is 3.65. The summed E-state index contributed by atoms with van der Waals surface area (Å²) in [7, 11) is 0. The molecule has 2 heterocycles. The summed E-state index contributed by atoms with van der Waals surface area (Å²) in [6.07, 6.45) is 5.56. The molecule has 0 radical (unpaired) electrons. The molecule has 0 bridgehead atoms. The minimum Gasteiger partial charge on any atom is -0.338 e. The number of carbonyl (C=O) groups excluding carboxylic acids is 1. The van der Waals surface area contributed by atoms with Crippen molar-refractivity contribution < 1.29 is 9.18 Å². The molecule has 5 nitrogen and oxygen atoms in total. The van der Waals surface area contributed by atoms with Crippen LogP contribution in [0, 0.1) is 17.1 Å².